The number of hydrogen-bond acceptors (Lipinski definition) is 6. The van der Waals surface area contributed by atoms with Gasteiger partial charge >= 0.3 is 17.9 Å². The lowest BCUT2D eigenvalue weighted by molar-refractivity contribution is -0.207. The van der Waals surface area contributed by atoms with Crippen LogP contribution in [0, 0.1) is 41.4 Å². The number of ether oxygens (including phenoxy) is 3. The van der Waals surface area contributed by atoms with Crippen LogP contribution < -0.4 is 0 Å². The quantitative estimate of drug-likeness (QED) is 0.347. The van der Waals surface area contributed by atoms with E-state index < -0.39 is 5.97 Å². The van der Waals surface area contributed by atoms with Crippen molar-refractivity contribution >= 4 is 17.9 Å². The molecule has 6 aliphatic carbocycles. The van der Waals surface area contributed by atoms with Gasteiger partial charge in [0.05, 0.1) is 5.92 Å². The number of rotatable bonds is 5. The summed E-state index contributed by atoms with van der Waals surface area (Å²) in [4.78, 5) is 34.5. The molecule has 33 heavy (non-hydrogen) atoms. The number of hydrogen-bond donors (Lipinski definition) is 0. The minimum absolute atomic E-state index is 0.0682. The molecule has 6 heteroatoms. The van der Waals surface area contributed by atoms with Crippen LogP contribution in [0.15, 0.2) is 24.8 Å². The van der Waals surface area contributed by atoms with Crippen molar-refractivity contribution in [2.24, 2.45) is 41.4 Å². The van der Waals surface area contributed by atoms with Gasteiger partial charge < -0.3 is 14.2 Å². The van der Waals surface area contributed by atoms with Crippen LogP contribution >= 0.6 is 0 Å². The monoisotopic (exact) mass is 456 g/mol. The first-order valence-corrected chi connectivity index (χ1v) is 12.7. The molecule has 6 saturated carbocycles. The minimum Gasteiger partial charge on any atom is -0.458 e. The van der Waals surface area contributed by atoms with E-state index in [-0.39, 0.29) is 41.6 Å². The molecule has 7 aliphatic rings. The molecular formula is C27H36O6. The summed E-state index contributed by atoms with van der Waals surface area (Å²) in [5.41, 5.74) is 0.375. The highest BCUT2D eigenvalue weighted by molar-refractivity contribution is 5.87. The van der Waals surface area contributed by atoms with Gasteiger partial charge in [0.1, 0.15) is 17.8 Å². The Labute approximate surface area is 196 Å². The molecule has 6 nitrogen and oxygen atoms in total. The van der Waals surface area contributed by atoms with Crippen molar-refractivity contribution in [1.82, 2.24) is 0 Å². The second-order valence-electron chi connectivity index (χ2n) is 11.3. The summed E-state index contributed by atoms with van der Waals surface area (Å²) in [6.45, 7) is 11.0. The Morgan fingerprint density at radius 2 is 1.73 bits per heavy atom. The first-order chi connectivity index (χ1) is 15.8. The summed E-state index contributed by atoms with van der Waals surface area (Å²) < 4.78 is 16.5. The zero-order valence-electron chi connectivity index (χ0n) is 19.8. The fourth-order valence-corrected chi connectivity index (χ4v) is 8.30. The zero-order chi connectivity index (χ0) is 23.5. The van der Waals surface area contributed by atoms with Crippen LogP contribution in [-0.2, 0) is 28.6 Å². The van der Waals surface area contributed by atoms with Crippen molar-refractivity contribution in [3.8, 4) is 0 Å². The number of carbonyl (C=O) groups is 3. The third-order valence-electron chi connectivity index (χ3n) is 9.54. The Morgan fingerprint density at radius 3 is 2.27 bits per heavy atom. The molecule has 7 fully saturated rings. The van der Waals surface area contributed by atoms with Crippen LogP contribution in [0.1, 0.15) is 65.2 Å². The lowest BCUT2D eigenvalue weighted by Gasteiger charge is -2.60. The van der Waals surface area contributed by atoms with Crippen LogP contribution in [0.25, 0.3) is 0 Å². The van der Waals surface area contributed by atoms with Crippen LogP contribution in [0.5, 0.6) is 0 Å². The van der Waals surface area contributed by atoms with Gasteiger partial charge in [-0.15, -0.1) is 0 Å². The van der Waals surface area contributed by atoms with E-state index in [0.29, 0.717) is 23.3 Å². The summed E-state index contributed by atoms with van der Waals surface area (Å²) in [6, 6.07) is 0. The minimum atomic E-state index is -0.424. The molecule has 0 radical (unpaired) electrons. The summed E-state index contributed by atoms with van der Waals surface area (Å²) in [7, 11) is 0. The van der Waals surface area contributed by atoms with Crippen molar-refractivity contribution in [3.63, 3.8) is 0 Å². The summed E-state index contributed by atoms with van der Waals surface area (Å²) in [5.74, 6) is 3.00. The van der Waals surface area contributed by atoms with Crippen LogP contribution in [0.3, 0.4) is 0 Å². The second-order valence-corrected chi connectivity index (χ2v) is 11.3. The normalized spacial score (nSPS) is 45.2. The summed E-state index contributed by atoms with van der Waals surface area (Å²) in [5, 5.41) is 0. The molecule has 0 N–H and O–H groups in total. The van der Waals surface area contributed by atoms with Gasteiger partial charge in [0.25, 0.3) is 0 Å². The molecule has 0 spiro atoms. The molecule has 1 heterocycles. The number of carbonyl (C=O) groups excluding carboxylic acids is 3. The van der Waals surface area contributed by atoms with Gasteiger partial charge in [-0.3, -0.25) is 4.79 Å². The molecule has 5 atom stereocenters. The Kier molecular flexibility index (Phi) is 5.69. The van der Waals surface area contributed by atoms with E-state index in [1.165, 1.54) is 32.1 Å². The maximum absolute atomic E-state index is 12.0. The van der Waals surface area contributed by atoms with E-state index in [2.05, 4.69) is 20.1 Å². The third kappa shape index (κ3) is 3.64. The Balaban J connectivity index is 0.000000140. The first kappa shape index (κ1) is 22.7. The van der Waals surface area contributed by atoms with Gasteiger partial charge in [0, 0.05) is 23.5 Å². The van der Waals surface area contributed by atoms with Crippen molar-refractivity contribution in [2.45, 2.75) is 83.0 Å². The van der Waals surface area contributed by atoms with E-state index in [9.17, 15) is 14.4 Å². The molecule has 0 aromatic carbocycles. The highest BCUT2D eigenvalue weighted by Crippen LogP contribution is 2.60. The van der Waals surface area contributed by atoms with Crippen molar-refractivity contribution in [1.29, 1.82) is 0 Å². The van der Waals surface area contributed by atoms with E-state index in [4.69, 9.17) is 14.2 Å². The second kappa shape index (κ2) is 8.28. The largest absolute Gasteiger partial charge is 0.458 e. The van der Waals surface area contributed by atoms with Gasteiger partial charge in [0.2, 0.25) is 0 Å². The van der Waals surface area contributed by atoms with Crippen LogP contribution in [0.4, 0.5) is 0 Å². The zero-order valence-corrected chi connectivity index (χ0v) is 19.8. The van der Waals surface area contributed by atoms with E-state index in [1.807, 2.05) is 0 Å². The molecule has 1 saturated heterocycles. The van der Waals surface area contributed by atoms with Crippen molar-refractivity contribution in [2.75, 3.05) is 0 Å². The van der Waals surface area contributed by atoms with Crippen molar-refractivity contribution in [3.05, 3.63) is 24.8 Å². The van der Waals surface area contributed by atoms with Gasteiger partial charge in [-0.2, -0.15) is 0 Å². The molecule has 6 bridgehead atoms. The molecule has 1 aliphatic heterocycles. The van der Waals surface area contributed by atoms with E-state index in [0.717, 1.165) is 37.2 Å². The lowest BCUT2D eigenvalue weighted by Crippen LogP contribution is -2.59. The van der Waals surface area contributed by atoms with E-state index >= 15 is 0 Å². The fourth-order valence-electron chi connectivity index (χ4n) is 8.30. The standard InChI is InChI=1S/C16H24O2.C11H12O4/c1-4-16(18-15(17)10(2)3)13-6-11-5-12(8-13)9-14(16)7-11;1-2-8(12)14-9-5-3-6-7(4-5)11(13)15-10(6)9/h11-14H,2,4-9H2,1,3H3;2,5-7,9-10H,1,3-4H2. The smallest absolute Gasteiger partial charge is 0.333 e. The number of fused-ring (bicyclic) bond motifs is 1. The predicted octanol–water partition coefficient (Wildman–Crippen LogP) is 4.38. The fraction of sp³-hybridized carbons (Fsp3) is 0.741. The van der Waals surface area contributed by atoms with Crippen molar-refractivity contribution < 1.29 is 28.6 Å². The van der Waals surface area contributed by atoms with Crippen LogP contribution in [-0.4, -0.2) is 35.7 Å². The molecular weight excluding hydrogens is 420 g/mol. The van der Waals surface area contributed by atoms with Gasteiger partial charge in [-0.1, -0.05) is 20.1 Å². The molecule has 5 unspecified atom stereocenters. The average molecular weight is 457 g/mol. The van der Waals surface area contributed by atoms with Crippen LogP contribution in [0.2, 0.25) is 0 Å². The van der Waals surface area contributed by atoms with Gasteiger partial charge in [0.15, 0.2) is 0 Å². The first-order valence-electron chi connectivity index (χ1n) is 12.7. The topological polar surface area (TPSA) is 78.9 Å². The SMILES string of the molecule is C=C(C)C(=O)OC1(CC)C2CC3CC(C2)CC1C3.C=CC(=O)OC1C2CC3C(=O)OC1C3C2. The van der Waals surface area contributed by atoms with E-state index in [1.54, 1.807) is 6.92 Å². The Bertz CT molecular complexity index is 846. The van der Waals surface area contributed by atoms with Gasteiger partial charge in [-0.25, -0.2) is 9.59 Å². The Hall–Kier alpha value is -2.11. The summed E-state index contributed by atoms with van der Waals surface area (Å²) in [6.07, 6.45) is 10.0. The van der Waals surface area contributed by atoms with Gasteiger partial charge in [-0.05, 0) is 82.0 Å². The maximum atomic E-state index is 12.0. The summed E-state index contributed by atoms with van der Waals surface area (Å²) >= 11 is 0. The maximum Gasteiger partial charge on any atom is 0.333 e. The highest BCUT2D eigenvalue weighted by atomic mass is 16.6. The highest BCUT2D eigenvalue weighted by Gasteiger charge is 2.63. The molecule has 7 rings (SSSR count). The average Bonchev–Trinajstić information content (AvgIpc) is 3.41. The molecule has 180 valence electrons. The predicted molar refractivity (Wildman–Crippen MR) is 121 cm³/mol. The number of esters is 3. The lowest BCUT2D eigenvalue weighted by atomic mass is 9.49. The molecule has 0 amide bonds. The molecule has 0 aromatic rings. The molecule has 0 aromatic heterocycles. The third-order valence-corrected chi connectivity index (χ3v) is 9.54. The Morgan fingerprint density at radius 1 is 1.09 bits per heavy atom.